The number of hydrogen-bond acceptors (Lipinski definition) is 4. The van der Waals surface area contributed by atoms with Crippen molar-refractivity contribution in [1.82, 2.24) is 4.90 Å². The molecule has 0 saturated carbocycles. The largest absolute Gasteiger partial charge is 0.478 e. The Labute approximate surface area is 118 Å². The Morgan fingerprint density at radius 1 is 1.40 bits per heavy atom. The molecule has 4 nitrogen and oxygen atoms in total. The van der Waals surface area contributed by atoms with E-state index in [-0.39, 0.29) is 5.63 Å². The first-order chi connectivity index (χ1) is 9.60. The van der Waals surface area contributed by atoms with E-state index in [2.05, 4.69) is 18.7 Å². The molecule has 2 heterocycles. The molecule has 3 rings (SSSR count). The first kappa shape index (κ1) is 13.2. The van der Waals surface area contributed by atoms with E-state index in [1.165, 1.54) is 6.07 Å². The van der Waals surface area contributed by atoms with E-state index in [1.807, 2.05) is 19.1 Å². The van der Waals surface area contributed by atoms with Crippen LogP contribution < -0.4 is 10.4 Å². The van der Waals surface area contributed by atoms with Gasteiger partial charge in [-0.15, -0.1) is 0 Å². The molecule has 1 atom stereocenters. The molecule has 1 aliphatic heterocycles. The topological polar surface area (TPSA) is 42.7 Å². The van der Waals surface area contributed by atoms with Crippen molar-refractivity contribution in [3.63, 3.8) is 0 Å². The van der Waals surface area contributed by atoms with Crippen LogP contribution in [-0.2, 0) is 6.54 Å². The fourth-order valence-corrected chi connectivity index (χ4v) is 2.65. The molecule has 0 bridgehead atoms. The second-order valence-electron chi connectivity index (χ2n) is 5.44. The van der Waals surface area contributed by atoms with Crippen molar-refractivity contribution in [2.24, 2.45) is 0 Å². The Morgan fingerprint density at radius 3 is 2.95 bits per heavy atom. The van der Waals surface area contributed by atoms with Gasteiger partial charge in [-0.1, -0.05) is 6.92 Å². The van der Waals surface area contributed by atoms with Crippen molar-refractivity contribution in [1.29, 1.82) is 0 Å². The minimum absolute atomic E-state index is 0.302. The quantitative estimate of drug-likeness (QED) is 0.789. The van der Waals surface area contributed by atoms with Gasteiger partial charge in [-0.3, -0.25) is 4.90 Å². The molecule has 0 saturated heterocycles. The molecule has 4 heteroatoms. The third-order valence-electron chi connectivity index (χ3n) is 4.14. The summed E-state index contributed by atoms with van der Waals surface area (Å²) in [4.78, 5) is 13.9. The van der Waals surface area contributed by atoms with Gasteiger partial charge < -0.3 is 9.15 Å². The van der Waals surface area contributed by atoms with Crippen LogP contribution in [0.25, 0.3) is 11.0 Å². The molecule has 106 valence electrons. The van der Waals surface area contributed by atoms with Crippen LogP contribution in [0.15, 0.2) is 27.4 Å². The Kier molecular flexibility index (Phi) is 3.26. The van der Waals surface area contributed by atoms with Gasteiger partial charge in [0, 0.05) is 24.0 Å². The van der Waals surface area contributed by atoms with Crippen LogP contribution in [0.5, 0.6) is 5.75 Å². The Bertz CT molecular complexity index is 705. The zero-order valence-corrected chi connectivity index (χ0v) is 12.1. The molecule has 0 amide bonds. The number of rotatable bonds is 2. The summed E-state index contributed by atoms with van der Waals surface area (Å²) < 4.78 is 11.3. The summed E-state index contributed by atoms with van der Waals surface area (Å²) in [5.41, 5.74) is 2.29. The maximum Gasteiger partial charge on any atom is 0.336 e. The van der Waals surface area contributed by atoms with Crippen molar-refractivity contribution in [2.45, 2.75) is 39.8 Å². The lowest BCUT2D eigenvalue weighted by Gasteiger charge is -2.33. The van der Waals surface area contributed by atoms with E-state index < -0.39 is 0 Å². The minimum atomic E-state index is -0.302. The second kappa shape index (κ2) is 4.94. The van der Waals surface area contributed by atoms with Gasteiger partial charge in [-0.2, -0.15) is 0 Å². The first-order valence-electron chi connectivity index (χ1n) is 7.03. The number of benzene rings is 1. The minimum Gasteiger partial charge on any atom is -0.478 e. The number of ether oxygens (including phenoxy) is 1. The number of aryl methyl sites for hydroxylation is 1. The van der Waals surface area contributed by atoms with Crippen LogP contribution in [0, 0.1) is 6.92 Å². The summed E-state index contributed by atoms with van der Waals surface area (Å²) in [7, 11) is 0. The monoisotopic (exact) mass is 273 g/mol. The van der Waals surface area contributed by atoms with E-state index in [1.54, 1.807) is 0 Å². The normalized spacial score (nSPS) is 16.8. The van der Waals surface area contributed by atoms with Crippen LogP contribution >= 0.6 is 0 Å². The van der Waals surface area contributed by atoms with Gasteiger partial charge in [0.2, 0.25) is 0 Å². The molecule has 0 unspecified atom stereocenters. The summed E-state index contributed by atoms with van der Waals surface area (Å²) in [6.07, 6.45) is 1.06. The van der Waals surface area contributed by atoms with Crippen molar-refractivity contribution in [3.8, 4) is 5.75 Å². The van der Waals surface area contributed by atoms with Crippen molar-refractivity contribution in [3.05, 3.63) is 39.7 Å². The molecule has 1 aromatic carbocycles. The fraction of sp³-hybridized carbons (Fsp3) is 0.438. The molecule has 0 aliphatic carbocycles. The maximum atomic E-state index is 11.6. The molecular formula is C16H19NO3. The zero-order chi connectivity index (χ0) is 14.3. The van der Waals surface area contributed by atoms with Crippen LogP contribution in [0.3, 0.4) is 0 Å². The predicted octanol–water partition coefficient (Wildman–Crippen LogP) is 3.05. The first-order valence-corrected chi connectivity index (χ1v) is 7.03. The third kappa shape index (κ3) is 2.10. The molecule has 1 aromatic heterocycles. The van der Waals surface area contributed by atoms with Crippen LogP contribution in [0.1, 0.15) is 31.4 Å². The maximum absolute atomic E-state index is 11.6. The third-order valence-corrected chi connectivity index (χ3v) is 4.14. The lowest BCUT2D eigenvalue weighted by atomic mass is 10.0. The lowest BCUT2D eigenvalue weighted by molar-refractivity contribution is 0.0609. The smallest absolute Gasteiger partial charge is 0.336 e. The van der Waals surface area contributed by atoms with E-state index in [0.29, 0.717) is 18.4 Å². The molecule has 2 aromatic rings. The molecule has 20 heavy (non-hydrogen) atoms. The molecule has 0 N–H and O–H groups in total. The summed E-state index contributed by atoms with van der Waals surface area (Å²) in [5, 5.41) is 0.984. The van der Waals surface area contributed by atoms with Gasteiger partial charge in [0.25, 0.3) is 0 Å². The van der Waals surface area contributed by atoms with Crippen molar-refractivity contribution >= 4 is 11.0 Å². The highest BCUT2D eigenvalue weighted by molar-refractivity contribution is 5.85. The van der Waals surface area contributed by atoms with Gasteiger partial charge in [-0.05, 0) is 38.0 Å². The van der Waals surface area contributed by atoms with Crippen LogP contribution in [0.4, 0.5) is 0 Å². The summed E-state index contributed by atoms with van der Waals surface area (Å²) >= 11 is 0. The highest BCUT2D eigenvalue weighted by atomic mass is 16.5. The van der Waals surface area contributed by atoms with Crippen molar-refractivity contribution in [2.75, 3.05) is 6.73 Å². The summed E-state index contributed by atoms with van der Waals surface area (Å²) in [6, 6.07) is 5.91. The molecule has 0 fully saturated rings. The molecule has 0 radical (unpaired) electrons. The number of hydrogen-bond donors (Lipinski definition) is 0. The van der Waals surface area contributed by atoms with Gasteiger partial charge in [0.15, 0.2) is 0 Å². The lowest BCUT2D eigenvalue weighted by Crippen LogP contribution is -2.38. The molecule has 0 spiro atoms. The highest BCUT2D eigenvalue weighted by Crippen LogP contribution is 2.33. The highest BCUT2D eigenvalue weighted by Gasteiger charge is 2.24. The van der Waals surface area contributed by atoms with Crippen LogP contribution in [-0.4, -0.2) is 17.7 Å². The fourth-order valence-electron chi connectivity index (χ4n) is 2.65. The Hall–Kier alpha value is -1.81. The number of fused-ring (bicyclic) bond motifs is 3. The van der Waals surface area contributed by atoms with E-state index >= 15 is 0 Å². The molecular weight excluding hydrogens is 254 g/mol. The van der Waals surface area contributed by atoms with E-state index in [9.17, 15) is 4.79 Å². The predicted molar refractivity (Wildman–Crippen MR) is 78.0 cm³/mol. The average molecular weight is 273 g/mol. The standard InChI is InChI=1S/C16H19NO3/c1-4-11(3)17-8-13-14(19-9-17)6-5-12-10(2)7-15(18)20-16(12)13/h5-7,11H,4,8-9H2,1-3H3/t11-/m1/s1. The number of nitrogens with zero attached hydrogens (tertiary/aromatic N) is 1. The second-order valence-corrected chi connectivity index (χ2v) is 5.44. The van der Waals surface area contributed by atoms with Gasteiger partial charge in [0.1, 0.15) is 18.1 Å². The van der Waals surface area contributed by atoms with Gasteiger partial charge in [0.05, 0.1) is 5.56 Å². The zero-order valence-electron chi connectivity index (χ0n) is 12.1. The van der Waals surface area contributed by atoms with Gasteiger partial charge in [-0.25, -0.2) is 4.79 Å². The van der Waals surface area contributed by atoms with E-state index in [0.717, 1.165) is 35.2 Å². The summed E-state index contributed by atoms with van der Waals surface area (Å²) in [6.45, 7) is 7.62. The van der Waals surface area contributed by atoms with E-state index in [4.69, 9.17) is 9.15 Å². The average Bonchev–Trinajstić information content (AvgIpc) is 2.45. The summed E-state index contributed by atoms with van der Waals surface area (Å²) in [5.74, 6) is 0.825. The van der Waals surface area contributed by atoms with Gasteiger partial charge >= 0.3 is 5.63 Å². The molecule has 1 aliphatic rings. The van der Waals surface area contributed by atoms with Crippen LogP contribution in [0.2, 0.25) is 0 Å². The SMILES string of the molecule is CC[C@@H](C)N1COc2ccc3c(C)cc(=O)oc3c2C1. The Morgan fingerprint density at radius 2 is 2.20 bits per heavy atom. The van der Waals surface area contributed by atoms with Crippen molar-refractivity contribution < 1.29 is 9.15 Å². The Balaban J connectivity index is 2.15.